The molecule has 0 aromatic carbocycles. The zero-order valence-corrected chi connectivity index (χ0v) is 7.46. The van der Waals surface area contributed by atoms with Crippen molar-refractivity contribution >= 4 is 0 Å². The zero-order chi connectivity index (χ0) is 9.14. The van der Waals surface area contributed by atoms with Gasteiger partial charge in [-0.05, 0) is 14.0 Å². The van der Waals surface area contributed by atoms with E-state index in [0.29, 0.717) is 19.7 Å². The van der Waals surface area contributed by atoms with Gasteiger partial charge < -0.3 is 9.64 Å². The van der Waals surface area contributed by atoms with E-state index in [9.17, 15) is 8.78 Å². The quantitative estimate of drug-likeness (QED) is 0.646. The third-order valence-corrected chi connectivity index (χ3v) is 2.20. The van der Waals surface area contributed by atoms with Gasteiger partial charge in [0.05, 0.1) is 12.0 Å². The van der Waals surface area contributed by atoms with Crippen LogP contribution in [0.5, 0.6) is 0 Å². The Bertz CT molecular complexity index is 143. The van der Waals surface area contributed by atoms with Crippen LogP contribution in [0.25, 0.3) is 0 Å². The molecule has 1 aliphatic rings. The molecule has 1 heterocycles. The summed E-state index contributed by atoms with van der Waals surface area (Å²) >= 11 is 0. The Balaban J connectivity index is 2.47. The molecule has 0 bridgehead atoms. The molecule has 12 heavy (non-hydrogen) atoms. The fourth-order valence-electron chi connectivity index (χ4n) is 1.63. The lowest BCUT2D eigenvalue weighted by Gasteiger charge is -2.16. The molecule has 0 aliphatic carbocycles. The summed E-state index contributed by atoms with van der Waals surface area (Å²) in [4.78, 5) is 1.89. The number of halogens is 2. The van der Waals surface area contributed by atoms with Gasteiger partial charge >= 0.3 is 0 Å². The molecule has 72 valence electrons. The average molecular weight is 179 g/mol. The number of hydrogen-bond acceptors (Lipinski definition) is 2. The Morgan fingerprint density at radius 2 is 2.17 bits per heavy atom. The maximum absolute atomic E-state index is 12.4. The highest BCUT2D eigenvalue weighted by Gasteiger charge is 2.37. The first kappa shape index (κ1) is 9.86. The minimum Gasteiger partial charge on any atom is -0.377 e. The summed E-state index contributed by atoms with van der Waals surface area (Å²) in [6.45, 7) is 3.42. The van der Waals surface area contributed by atoms with Crippen LogP contribution in [0.4, 0.5) is 8.78 Å². The second-order valence-corrected chi connectivity index (χ2v) is 3.21. The van der Waals surface area contributed by atoms with Crippen molar-refractivity contribution in [2.75, 3.05) is 26.7 Å². The van der Waals surface area contributed by atoms with E-state index in [1.54, 1.807) is 0 Å². The third kappa shape index (κ3) is 2.14. The van der Waals surface area contributed by atoms with Crippen LogP contribution in [0.15, 0.2) is 0 Å². The molecule has 4 heteroatoms. The van der Waals surface area contributed by atoms with Crippen LogP contribution in [0, 0.1) is 5.92 Å². The van der Waals surface area contributed by atoms with Crippen LogP contribution in [0.1, 0.15) is 6.92 Å². The van der Waals surface area contributed by atoms with Crippen LogP contribution in [-0.2, 0) is 4.74 Å². The fraction of sp³-hybridized carbons (Fsp3) is 1.00. The maximum atomic E-state index is 12.4. The molecule has 1 rings (SSSR count). The molecule has 0 N–H and O–H groups in total. The van der Waals surface area contributed by atoms with Crippen LogP contribution < -0.4 is 0 Å². The molecule has 0 radical (unpaired) electrons. The van der Waals surface area contributed by atoms with Gasteiger partial charge in [-0.25, -0.2) is 8.78 Å². The van der Waals surface area contributed by atoms with Gasteiger partial charge in [-0.2, -0.15) is 0 Å². The number of likely N-dealkylation sites (tertiary alicyclic amines) is 1. The topological polar surface area (TPSA) is 12.5 Å². The highest BCUT2D eigenvalue weighted by atomic mass is 19.3. The minimum absolute atomic E-state index is 0.278. The van der Waals surface area contributed by atoms with E-state index in [2.05, 4.69) is 0 Å². The molecular weight excluding hydrogens is 164 g/mol. The second-order valence-electron chi connectivity index (χ2n) is 3.21. The molecule has 0 amide bonds. The van der Waals surface area contributed by atoms with Gasteiger partial charge in [0.25, 0.3) is 0 Å². The molecule has 0 spiro atoms. The predicted molar refractivity (Wildman–Crippen MR) is 42.4 cm³/mol. The summed E-state index contributed by atoms with van der Waals surface area (Å²) in [7, 11) is 1.84. The Morgan fingerprint density at radius 3 is 2.67 bits per heavy atom. The standard InChI is InChI=1S/C8H15F2NO/c1-3-12-7-5-11(2)4-6(7)8(9)10/h6-8H,3-5H2,1-2H3/t6-,7-/m0/s1. The van der Waals surface area contributed by atoms with Crippen molar-refractivity contribution in [1.82, 2.24) is 4.90 Å². The second kappa shape index (κ2) is 4.14. The highest BCUT2D eigenvalue weighted by Crippen LogP contribution is 2.24. The van der Waals surface area contributed by atoms with Gasteiger partial charge in [0.2, 0.25) is 6.43 Å². The van der Waals surface area contributed by atoms with Crippen molar-refractivity contribution < 1.29 is 13.5 Å². The van der Waals surface area contributed by atoms with Gasteiger partial charge in [-0.15, -0.1) is 0 Å². The normalized spacial score (nSPS) is 31.8. The molecule has 2 atom stereocenters. The largest absolute Gasteiger partial charge is 0.377 e. The Labute approximate surface area is 71.5 Å². The molecule has 1 aliphatic heterocycles. The molecule has 1 fully saturated rings. The number of ether oxygens (including phenoxy) is 1. The minimum atomic E-state index is -2.26. The SMILES string of the molecule is CCO[C@H]1CN(C)C[C@@H]1C(F)F. The Kier molecular flexibility index (Phi) is 3.40. The van der Waals surface area contributed by atoms with Gasteiger partial charge in [-0.1, -0.05) is 0 Å². The van der Waals surface area contributed by atoms with E-state index in [1.807, 2.05) is 18.9 Å². The van der Waals surface area contributed by atoms with Crippen LogP contribution in [0.2, 0.25) is 0 Å². The van der Waals surface area contributed by atoms with Gasteiger partial charge in [0.15, 0.2) is 0 Å². The highest BCUT2D eigenvalue weighted by molar-refractivity contribution is 4.84. The Hall–Kier alpha value is -0.220. The van der Waals surface area contributed by atoms with Crippen molar-refractivity contribution in [3.8, 4) is 0 Å². The monoisotopic (exact) mass is 179 g/mol. The van der Waals surface area contributed by atoms with Gasteiger partial charge in [0, 0.05) is 19.7 Å². The molecule has 0 aromatic rings. The summed E-state index contributed by atoms with van der Waals surface area (Å²) in [5.74, 6) is -0.602. The zero-order valence-electron chi connectivity index (χ0n) is 7.46. The molecule has 0 aromatic heterocycles. The first-order chi connectivity index (χ1) is 5.65. The van der Waals surface area contributed by atoms with E-state index in [1.165, 1.54) is 0 Å². The summed E-state index contributed by atoms with van der Waals surface area (Å²) in [6, 6.07) is 0. The van der Waals surface area contributed by atoms with E-state index in [-0.39, 0.29) is 6.10 Å². The van der Waals surface area contributed by atoms with E-state index < -0.39 is 12.3 Å². The van der Waals surface area contributed by atoms with E-state index >= 15 is 0 Å². The average Bonchev–Trinajstić information content (AvgIpc) is 2.32. The smallest absolute Gasteiger partial charge is 0.245 e. The summed E-state index contributed by atoms with van der Waals surface area (Å²) in [5.41, 5.74) is 0. The number of rotatable bonds is 3. The summed E-state index contributed by atoms with van der Waals surface area (Å²) < 4.78 is 30.0. The van der Waals surface area contributed by atoms with Crippen molar-refractivity contribution in [3.63, 3.8) is 0 Å². The molecule has 0 unspecified atom stereocenters. The molecule has 1 saturated heterocycles. The van der Waals surface area contributed by atoms with Crippen LogP contribution in [0.3, 0.4) is 0 Å². The van der Waals surface area contributed by atoms with Gasteiger partial charge in [-0.3, -0.25) is 0 Å². The number of hydrogen-bond donors (Lipinski definition) is 0. The van der Waals surface area contributed by atoms with Crippen LogP contribution in [-0.4, -0.2) is 44.2 Å². The molecular formula is C8H15F2NO. The first-order valence-corrected chi connectivity index (χ1v) is 4.23. The van der Waals surface area contributed by atoms with Gasteiger partial charge in [0.1, 0.15) is 0 Å². The number of likely N-dealkylation sites (N-methyl/N-ethyl adjacent to an activating group) is 1. The number of alkyl halides is 2. The number of nitrogens with zero attached hydrogens (tertiary/aromatic N) is 1. The summed E-state index contributed by atoms with van der Waals surface area (Å²) in [5, 5.41) is 0. The first-order valence-electron chi connectivity index (χ1n) is 4.23. The lowest BCUT2D eigenvalue weighted by atomic mass is 10.1. The van der Waals surface area contributed by atoms with E-state index in [4.69, 9.17) is 4.74 Å². The van der Waals surface area contributed by atoms with Crippen molar-refractivity contribution in [2.24, 2.45) is 5.92 Å². The molecule has 2 nitrogen and oxygen atoms in total. The summed E-state index contributed by atoms with van der Waals surface area (Å²) in [6.07, 6.45) is -2.54. The van der Waals surface area contributed by atoms with Crippen molar-refractivity contribution in [3.05, 3.63) is 0 Å². The lowest BCUT2D eigenvalue weighted by Crippen LogP contribution is -2.27. The van der Waals surface area contributed by atoms with Crippen molar-refractivity contribution in [2.45, 2.75) is 19.5 Å². The maximum Gasteiger partial charge on any atom is 0.245 e. The molecule has 0 saturated carbocycles. The third-order valence-electron chi connectivity index (χ3n) is 2.20. The predicted octanol–water partition coefficient (Wildman–Crippen LogP) is 1.22. The van der Waals surface area contributed by atoms with E-state index in [0.717, 1.165) is 0 Å². The Morgan fingerprint density at radius 1 is 1.50 bits per heavy atom. The van der Waals surface area contributed by atoms with Crippen molar-refractivity contribution in [1.29, 1.82) is 0 Å². The van der Waals surface area contributed by atoms with Crippen LogP contribution >= 0.6 is 0 Å². The lowest BCUT2D eigenvalue weighted by molar-refractivity contribution is -0.0196. The fourth-order valence-corrected chi connectivity index (χ4v) is 1.63.